The van der Waals surface area contributed by atoms with Gasteiger partial charge in [-0.2, -0.15) is 4.37 Å². The molecule has 3 nitrogen and oxygen atoms in total. The Morgan fingerprint density at radius 1 is 1.22 bits per heavy atom. The summed E-state index contributed by atoms with van der Waals surface area (Å²) in [5, 5.41) is 2.57. The number of hydrogen-bond acceptors (Lipinski definition) is 4. The first-order valence-electron chi connectivity index (χ1n) is 6.58. The molecule has 0 aliphatic heterocycles. The molecule has 1 aromatic carbocycles. The van der Waals surface area contributed by atoms with Crippen LogP contribution < -0.4 is 10.6 Å². The van der Waals surface area contributed by atoms with Gasteiger partial charge < -0.3 is 10.6 Å². The number of nitrogens with zero attached hydrogens (tertiary/aromatic N) is 2. The van der Waals surface area contributed by atoms with Gasteiger partial charge in [-0.3, -0.25) is 0 Å². The molecule has 1 saturated carbocycles. The van der Waals surface area contributed by atoms with Crippen LogP contribution in [0.4, 0.5) is 5.00 Å². The van der Waals surface area contributed by atoms with E-state index in [1.807, 2.05) is 6.07 Å². The number of rotatable bonds is 2. The molecule has 0 spiro atoms. The molecular weight excluding hydrogens is 242 g/mol. The quantitative estimate of drug-likeness (QED) is 0.903. The SMILES string of the molecule is CN(c1snc2ccccc12)C1CCC(N)CC1. The van der Waals surface area contributed by atoms with Crippen LogP contribution in [0.15, 0.2) is 24.3 Å². The predicted octanol–water partition coefficient (Wildman–Crippen LogP) is 3.00. The summed E-state index contributed by atoms with van der Waals surface area (Å²) in [6, 6.07) is 9.41. The van der Waals surface area contributed by atoms with E-state index in [2.05, 4.69) is 34.5 Å². The topological polar surface area (TPSA) is 42.2 Å². The number of anilines is 1. The second-order valence-corrected chi connectivity index (χ2v) is 5.94. The monoisotopic (exact) mass is 261 g/mol. The van der Waals surface area contributed by atoms with Gasteiger partial charge in [0, 0.05) is 24.5 Å². The first kappa shape index (κ1) is 11.9. The summed E-state index contributed by atoms with van der Waals surface area (Å²) in [6.45, 7) is 0. The van der Waals surface area contributed by atoms with Crippen LogP contribution in [-0.4, -0.2) is 23.5 Å². The molecule has 0 radical (unpaired) electrons. The van der Waals surface area contributed by atoms with Crippen molar-refractivity contribution in [3.63, 3.8) is 0 Å². The molecule has 2 N–H and O–H groups in total. The van der Waals surface area contributed by atoms with Gasteiger partial charge in [-0.05, 0) is 49.3 Å². The Bertz CT molecular complexity index is 529. The van der Waals surface area contributed by atoms with Crippen molar-refractivity contribution in [2.75, 3.05) is 11.9 Å². The minimum absolute atomic E-state index is 0.410. The Morgan fingerprint density at radius 2 is 1.94 bits per heavy atom. The van der Waals surface area contributed by atoms with Gasteiger partial charge in [-0.1, -0.05) is 12.1 Å². The molecule has 3 rings (SSSR count). The number of aromatic nitrogens is 1. The number of fused-ring (bicyclic) bond motifs is 1. The highest BCUT2D eigenvalue weighted by Crippen LogP contribution is 2.34. The van der Waals surface area contributed by atoms with Crippen molar-refractivity contribution >= 4 is 27.4 Å². The fourth-order valence-corrected chi connectivity index (χ4v) is 3.68. The van der Waals surface area contributed by atoms with E-state index in [9.17, 15) is 0 Å². The lowest BCUT2D eigenvalue weighted by Crippen LogP contribution is -2.38. The molecule has 1 heterocycles. The second-order valence-electron chi connectivity index (χ2n) is 5.18. The van der Waals surface area contributed by atoms with E-state index >= 15 is 0 Å². The molecule has 0 bridgehead atoms. The van der Waals surface area contributed by atoms with Crippen molar-refractivity contribution in [1.82, 2.24) is 4.37 Å². The molecule has 1 aromatic heterocycles. The molecular formula is C14H19N3S. The second kappa shape index (κ2) is 4.86. The van der Waals surface area contributed by atoms with E-state index in [4.69, 9.17) is 5.73 Å². The number of benzene rings is 1. The summed E-state index contributed by atoms with van der Waals surface area (Å²) in [7, 11) is 2.20. The van der Waals surface area contributed by atoms with Gasteiger partial charge in [0.1, 0.15) is 5.00 Å². The van der Waals surface area contributed by atoms with Crippen LogP contribution in [0.1, 0.15) is 25.7 Å². The number of hydrogen-bond donors (Lipinski definition) is 1. The van der Waals surface area contributed by atoms with E-state index in [1.54, 1.807) is 11.5 Å². The molecule has 0 atom stereocenters. The summed E-state index contributed by atoms with van der Waals surface area (Å²) < 4.78 is 4.52. The molecule has 1 aliphatic carbocycles. The Kier molecular flexibility index (Phi) is 3.22. The third-order valence-corrected chi connectivity index (χ3v) is 4.94. The average Bonchev–Trinajstić information content (AvgIpc) is 2.82. The molecule has 0 saturated heterocycles. The van der Waals surface area contributed by atoms with Gasteiger partial charge in [-0.25, -0.2) is 0 Å². The highest BCUT2D eigenvalue weighted by molar-refractivity contribution is 7.11. The minimum atomic E-state index is 0.410. The van der Waals surface area contributed by atoms with Crippen LogP contribution in [0, 0.1) is 0 Å². The molecule has 0 unspecified atom stereocenters. The van der Waals surface area contributed by atoms with Gasteiger partial charge in [0.2, 0.25) is 0 Å². The van der Waals surface area contributed by atoms with Gasteiger partial charge in [0.05, 0.1) is 5.52 Å². The first-order chi connectivity index (χ1) is 8.75. The fourth-order valence-electron chi connectivity index (χ4n) is 2.78. The minimum Gasteiger partial charge on any atom is -0.362 e. The first-order valence-corrected chi connectivity index (χ1v) is 7.36. The lowest BCUT2D eigenvalue weighted by Gasteiger charge is -2.34. The molecule has 1 fully saturated rings. The van der Waals surface area contributed by atoms with E-state index in [0.29, 0.717) is 12.1 Å². The van der Waals surface area contributed by atoms with Crippen LogP contribution in [-0.2, 0) is 0 Å². The normalized spacial score (nSPS) is 24.3. The van der Waals surface area contributed by atoms with Gasteiger partial charge in [0.25, 0.3) is 0 Å². The lowest BCUT2D eigenvalue weighted by molar-refractivity contribution is 0.386. The lowest BCUT2D eigenvalue weighted by atomic mass is 9.91. The summed E-state index contributed by atoms with van der Waals surface area (Å²) >= 11 is 1.61. The number of nitrogens with two attached hydrogens (primary N) is 1. The summed E-state index contributed by atoms with van der Waals surface area (Å²) in [5.41, 5.74) is 7.09. The smallest absolute Gasteiger partial charge is 0.119 e. The zero-order valence-electron chi connectivity index (χ0n) is 10.7. The van der Waals surface area contributed by atoms with Crippen LogP contribution >= 0.6 is 11.5 Å². The van der Waals surface area contributed by atoms with Crippen LogP contribution in [0.2, 0.25) is 0 Å². The predicted molar refractivity (Wildman–Crippen MR) is 78.3 cm³/mol. The highest BCUT2D eigenvalue weighted by Gasteiger charge is 2.24. The highest BCUT2D eigenvalue weighted by atomic mass is 32.1. The Morgan fingerprint density at radius 3 is 2.72 bits per heavy atom. The largest absolute Gasteiger partial charge is 0.362 e. The maximum absolute atomic E-state index is 5.98. The zero-order valence-corrected chi connectivity index (χ0v) is 11.5. The van der Waals surface area contributed by atoms with E-state index in [0.717, 1.165) is 18.4 Å². The van der Waals surface area contributed by atoms with Gasteiger partial charge in [-0.15, -0.1) is 0 Å². The average molecular weight is 261 g/mol. The molecule has 4 heteroatoms. The fraction of sp³-hybridized carbons (Fsp3) is 0.500. The van der Waals surface area contributed by atoms with Crippen molar-refractivity contribution in [2.45, 2.75) is 37.8 Å². The van der Waals surface area contributed by atoms with Crippen LogP contribution in [0.5, 0.6) is 0 Å². The summed E-state index contributed by atoms with van der Waals surface area (Å²) in [5.74, 6) is 0. The third kappa shape index (κ3) is 2.10. The summed E-state index contributed by atoms with van der Waals surface area (Å²) in [6.07, 6.45) is 4.69. The molecule has 1 aliphatic rings. The van der Waals surface area contributed by atoms with Gasteiger partial charge >= 0.3 is 0 Å². The van der Waals surface area contributed by atoms with Crippen molar-refractivity contribution in [3.05, 3.63) is 24.3 Å². The van der Waals surface area contributed by atoms with Crippen molar-refractivity contribution in [1.29, 1.82) is 0 Å². The third-order valence-electron chi connectivity index (χ3n) is 3.97. The van der Waals surface area contributed by atoms with Crippen LogP contribution in [0.3, 0.4) is 0 Å². The van der Waals surface area contributed by atoms with E-state index in [-0.39, 0.29) is 0 Å². The maximum Gasteiger partial charge on any atom is 0.119 e. The Labute approximate surface area is 112 Å². The zero-order chi connectivity index (χ0) is 12.5. The van der Waals surface area contributed by atoms with Crippen LogP contribution in [0.25, 0.3) is 10.9 Å². The standard InChI is InChI=1S/C14H19N3S/c1-17(11-8-6-10(15)7-9-11)14-12-4-2-3-5-13(12)16-18-14/h2-5,10-11H,6-9,15H2,1H3. The maximum atomic E-state index is 5.98. The molecule has 2 aromatic rings. The van der Waals surface area contributed by atoms with Crippen molar-refractivity contribution in [2.24, 2.45) is 5.73 Å². The molecule has 0 amide bonds. The Hall–Kier alpha value is -1.13. The van der Waals surface area contributed by atoms with Crippen molar-refractivity contribution in [3.8, 4) is 0 Å². The Balaban J connectivity index is 1.85. The van der Waals surface area contributed by atoms with E-state index in [1.165, 1.54) is 23.2 Å². The summed E-state index contributed by atoms with van der Waals surface area (Å²) in [4.78, 5) is 2.41. The molecule has 96 valence electrons. The van der Waals surface area contributed by atoms with Gasteiger partial charge in [0.15, 0.2) is 0 Å². The van der Waals surface area contributed by atoms with Crippen molar-refractivity contribution < 1.29 is 0 Å². The molecule has 18 heavy (non-hydrogen) atoms. The van der Waals surface area contributed by atoms with E-state index < -0.39 is 0 Å².